The van der Waals surface area contributed by atoms with Crippen molar-refractivity contribution in [2.24, 2.45) is 0 Å². The van der Waals surface area contributed by atoms with Crippen molar-refractivity contribution in [3.63, 3.8) is 0 Å². The van der Waals surface area contributed by atoms with E-state index in [0.717, 1.165) is 30.6 Å². The highest BCUT2D eigenvalue weighted by atomic mass is 32.2. The van der Waals surface area contributed by atoms with Crippen LogP contribution in [-0.4, -0.2) is 51.4 Å². The summed E-state index contributed by atoms with van der Waals surface area (Å²) in [6.45, 7) is 3.71. The molecule has 1 unspecified atom stereocenters. The van der Waals surface area contributed by atoms with E-state index in [9.17, 15) is 9.35 Å². The van der Waals surface area contributed by atoms with E-state index >= 15 is 0 Å². The number of anilines is 1. The molecule has 180 valence electrons. The third kappa shape index (κ3) is 5.34. The minimum atomic E-state index is -1.48. The monoisotopic (exact) mass is 495 g/mol. The molecule has 0 aliphatic carbocycles. The number of carbonyl (C=O) groups excluding carboxylic acids is 1. The molecule has 1 amide bonds. The standard InChI is InChI=1S/C28H25N5O2S/c29-19-21-6-8-22(9-7-21)20-32-15-17-33(18-16-32)28(34)24-10-12-25(13-11-24)31-36(35)26-5-1-3-23-4-2-14-30-27(23)26/h1-14,31H,15-18,20H2. The van der Waals surface area contributed by atoms with Gasteiger partial charge in [0.05, 0.1) is 17.3 Å². The molecule has 2 heterocycles. The number of piperazine rings is 1. The summed E-state index contributed by atoms with van der Waals surface area (Å²) in [4.78, 5) is 22.2. The van der Waals surface area contributed by atoms with Crippen LogP contribution in [0.2, 0.25) is 0 Å². The summed E-state index contributed by atoms with van der Waals surface area (Å²) in [5.74, 6) is -0.000973. The lowest BCUT2D eigenvalue weighted by molar-refractivity contribution is 0.0628. The van der Waals surface area contributed by atoms with Gasteiger partial charge in [-0.3, -0.25) is 14.7 Å². The maximum atomic E-state index is 13.0. The zero-order valence-electron chi connectivity index (χ0n) is 19.6. The molecule has 1 aliphatic rings. The summed E-state index contributed by atoms with van der Waals surface area (Å²) >= 11 is -1.48. The Kier molecular flexibility index (Phi) is 7.14. The van der Waals surface area contributed by atoms with E-state index in [1.165, 1.54) is 0 Å². The maximum Gasteiger partial charge on any atom is 0.253 e. The van der Waals surface area contributed by atoms with Gasteiger partial charge in [-0.15, -0.1) is 0 Å². The predicted molar refractivity (Wildman–Crippen MR) is 141 cm³/mol. The molecule has 7 nitrogen and oxygen atoms in total. The number of hydrogen-bond donors (Lipinski definition) is 1. The van der Waals surface area contributed by atoms with Gasteiger partial charge in [0.2, 0.25) is 4.90 Å². The van der Waals surface area contributed by atoms with Gasteiger partial charge in [-0.25, -0.2) is 4.72 Å². The van der Waals surface area contributed by atoms with E-state index in [0.29, 0.717) is 40.3 Å². The highest BCUT2D eigenvalue weighted by Gasteiger charge is 2.23. The summed E-state index contributed by atoms with van der Waals surface area (Å²) in [6.07, 6.45) is 1.69. The molecule has 0 saturated carbocycles. The molecule has 1 atom stereocenters. The molecule has 1 saturated heterocycles. The van der Waals surface area contributed by atoms with Gasteiger partial charge in [0.1, 0.15) is 16.9 Å². The summed E-state index contributed by atoms with van der Waals surface area (Å²) in [5.41, 5.74) is 3.81. The van der Waals surface area contributed by atoms with E-state index < -0.39 is 11.4 Å². The number of amides is 1. The van der Waals surface area contributed by atoms with Crippen LogP contribution in [0.15, 0.2) is 90.0 Å². The number of nitrogens with zero attached hydrogens (tertiary/aromatic N) is 4. The number of fused-ring (bicyclic) bond motifs is 1. The van der Waals surface area contributed by atoms with E-state index in [1.807, 2.05) is 53.4 Å². The third-order valence-corrected chi connectivity index (χ3v) is 7.44. The summed E-state index contributed by atoms with van der Waals surface area (Å²) in [5, 5.41) is 9.88. The molecule has 1 fully saturated rings. The minimum Gasteiger partial charge on any atom is -0.588 e. The van der Waals surface area contributed by atoms with Crippen molar-refractivity contribution in [2.45, 2.75) is 11.4 Å². The quantitative estimate of drug-likeness (QED) is 0.403. The molecular formula is C28H25N5O2S. The van der Waals surface area contributed by atoms with Crippen molar-refractivity contribution in [1.29, 1.82) is 5.26 Å². The van der Waals surface area contributed by atoms with Crippen LogP contribution in [0.25, 0.3) is 10.9 Å². The van der Waals surface area contributed by atoms with Gasteiger partial charge in [-0.05, 0) is 54.1 Å². The van der Waals surface area contributed by atoms with Gasteiger partial charge in [0.25, 0.3) is 5.91 Å². The first-order valence-corrected chi connectivity index (χ1v) is 12.9. The second-order valence-electron chi connectivity index (χ2n) is 8.66. The van der Waals surface area contributed by atoms with Crippen molar-refractivity contribution in [2.75, 3.05) is 30.9 Å². The van der Waals surface area contributed by atoms with Crippen LogP contribution in [-0.2, 0) is 17.9 Å². The number of hydrogen-bond acceptors (Lipinski definition) is 6. The smallest absolute Gasteiger partial charge is 0.253 e. The fourth-order valence-electron chi connectivity index (χ4n) is 4.30. The molecule has 0 spiro atoms. The van der Waals surface area contributed by atoms with Gasteiger partial charge < -0.3 is 9.45 Å². The Hall–Kier alpha value is -3.90. The zero-order valence-corrected chi connectivity index (χ0v) is 20.4. The largest absolute Gasteiger partial charge is 0.588 e. The van der Waals surface area contributed by atoms with Gasteiger partial charge in [-0.1, -0.05) is 30.3 Å². The van der Waals surface area contributed by atoms with E-state index in [4.69, 9.17) is 5.26 Å². The van der Waals surface area contributed by atoms with Crippen molar-refractivity contribution >= 4 is 33.9 Å². The first kappa shape index (κ1) is 23.8. The summed E-state index contributed by atoms with van der Waals surface area (Å²) < 4.78 is 16.0. The Balaban J connectivity index is 1.16. The van der Waals surface area contributed by atoms with Crippen molar-refractivity contribution in [1.82, 2.24) is 14.8 Å². The Labute approximate surface area is 213 Å². The highest BCUT2D eigenvalue weighted by Crippen LogP contribution is 2.23. The van der Waals surface area contributed by atoms with Gasteiger partial charge in [-0.2, -0.15) is 5.26 Å². The van der Waals surface area contributed by atoms with Crippen LogP contribution < -0.4 is 4.72 Å². The lowest BCUT2D eigenvalue weighted by Crippen LogP contribution is -2.48. The van der Waals surface area contributed by atoms with Crippen LogP contribution in [0.5, 0.6) is 0 Å². The number of aromatic nitrogens is 1. The van der Waals surface area contributed by atoms with Crippen molar-refractivity contribution in [3.05, 3.63) is 102 Å². The molecule has 1 N–H and O–H groups in total. The Morgan fingerprint density at radius 3 is 2.42 bits per heavy atom. The van der Waals surface area contributed by atoms with Crippen LogP contribution in [0.3, 0.4) is 0 Å². The van der Waals surface area contributed by atoms with Crippen LogP contribution in [0.1, 0.15) is 21.5 Å². The maximum absolute atomic E-state index is 13.0. The lowest BCUT2D eigenvalue weighted by Gasteiger charge is -2.34. The number of nitriles is 1. The number of carbonyl (C=O) groups is 1. The van der Waals surface area contributed by atoms with Gasteiger partial charge in [0.15, 0.2) is 0 Å². The molecule has 1 aliphatic heterocycles. The first-order valence-electron chi connectivity index (χ1n) is 11.7. The first-order chi connectivity index (χ1) is 17.6. The average Bonchev–Trinajstić information content (AvgIpc) is 2.93. The number of para-hydroxylation sites is 1. The molecule has 0 radical (unpaired) electrons. The predicted octanol–water partition coefficient (Wildman–Crippen LogP) is 4.20. The minimum absolute atomic E-state index is 0.000973. The molecule has 4 aromatic rings. The Morgan fingerprint density at radius 1 is 0.972 bits per heavy atom. The highest BCUT2D eigenvalue weighted by molar-refractivity contribution is 7.93. The molecule has 36 heavy (non-hydrogen) atoms. The molecule has 0 bridgehead atoms. The second kappa shape index (κ2) is 10.8. The number of rotatable bonds is 6. The molecule has 5 rings (SSSR count). The third-order valence-electron chi connectivity index (χ3n) is 6.29. The van der Waals surface area contributed by atoms with Crippen molar-refractivity contribution < 1.29 is 9.35 Å². The fraction of sp³-hybridized carbons (Fsp3) is 0.179. The van der Waals surface area contributed by atoms with E-state index in [-0.39, 0.29) is 5.91 Å². The second-order valence-corrected chi connectivity index (χ2v) is 9.84. The molecule has 3 aromatic carbocycles. The van der Waals surface area contributed by atoms with E-state index in [2.05, 4.69) is 20.7 Å². The molecular weight excluding hydrogens is 470 g/mol. The zero-order chi connectivity index (χ0) is 24.9. The van der Waals surface area contributed by atoms with Gasteiger partial charge in [0, 0.05) is 49.9 Å². The van der Waals surface area contributed by atoms with Crippen LogP contribution in [0, 0.1) is 11.3 Å². The summed E-state index contributed by atoms with van der Waals surface area (Å²) in [6, 6.07) is 26.3. The Bertz CT molecular complexity index is 1390. The van der Waals surface area contributed by atoms with E-state index in [1.54, 1.807) is 36.5 Å². The summed E-state index contributed by atoms with van der Waals surface area (Å²) in [7, 11) is 0. The number of nitrogens with one attached hydrogen (secondary N) is 1. The van der Waals surface area contributed by atoms with Crippen LogP contribution >= 0.6 is 0 Å². The molecule has 1 aromatic heterocycles. The fourth-order valence-corrected chi connectivity index (χ4v) is 5.31. The average molecular weight is 496 g/mol. The molecule has 8 heteroatoms. The van der Waals surface area contributed by atoms with Gasteiger partial charge >= 0.3 is 0 Å². The Morgan fingerprint density at radius 2 is 1.69 bits per heavy atom. The SMILES string of the molecule is N#Cc1ccc(CN2CCN(C(=O)c3ccc(N[S+]([O-])c4cccc5cccnc45)cc3)CC2)cc1. The normalized spacial score (nSPS) is 14.8. The number of pyridine rings is 1. The number of benzene rings is 3. The lowest BCUT2D eigenvalue weighted by atomic mass is 10.1. The topological polar surface area (TPSA) is 95.3 Å². The van der Waals surface area contributed by atoms with Crippen LogP contribution in [0.4, 0.5) is 5.69 Å². The van der Waals surface area contributed by atoms with Crippen molar-refractivity contribution in [3.8, 4) is 6.07 Å².